The molecule has 2 atom stereocenters. The summed E-state index contributed by atoms with van der Waals surface area (Å²) < 4.78 is 28.6. The van der Waals surface area contributed by atoms with Crippen LogP contribution in [0.3, 0.4) is 0 Å². The molecule has 6 nitrogen and oxygen atoms in total. The first-order valence-electron chi connectivity index (χ1n) is 8.74. The van der Waals surface area contributed by atoms with Crippen molar-refractivity contribution >= 4 is 21.6 Å². The lowest BCUT2D eigenvalue weighted by Gasteiger charge is -2.31. The number of hydrogen-bond acceptors (Lipinski definition) is 4. The summed E-state index contributed by atoms with van der Waals surface area (Å²) in [7, 11) is 0.0907. The molecular formula is C20H27N3O3S. The number of carbonyl (C=O) groups excluding carboxylic acids is 1. The average Bonchev–Trinajstić information content (AvgIpc) is 2.56. The second-order valence-corrected chi connectivity index (χ2v) is 8.60. The first-order chi connectivity index (χ1) is 12.6. The lowest BCUT2D eigenvalue weighted by molar-refractivity contribution is -0.114. The van der Waals surface area contributed by atoms with Gasteiger partial charge in [-0.2, -0.15) is 0 Å². The van der Waals surface area contributed by atoms with Gasteiger partial charge >= 0.3 is 0 Å². The van der Waals surface area contributed by atoms with Crippen molar-refractivity contribution in [2.75, 3.05) is 19.4 Å². The monoisotopic (exact) mass is 389 g/mol. The predicted molar refractivity (Wildman–Crippen MR) is 108 cm³/mol. The highest BCUT2D eigenvalue weighted by Gasteiger charge is 2.26. The summed E-state index contributed by atoms with van der Waals surface area (Å²) in [5.41, 5.74) is 2.32. The molecule has 2 aromatic carbocycles. The highest BCUT2D eigenvalue weighted by atomic mass is 32.2. The third kappa shape index (κ3) is 5.38. The highest BCUT2D eigenvalue weighted by Crippen LogP contribution is 2.25. The van der Waals surface area contributed by atoms with Crippen molar-refractivity contribution in [1.29, 1.82) is 0 Å². The minimum Gasteiger partial charge on any atom is -0.326 e. The third-order valence-corrected chi connectivity index (χ3v) is 5.90. The molecule has 2 rings (SSSR count). The van der Waals surface area contributed by atoms with Crippen LogP contribution in [-0.4, -0.2) is 39.4 Å². The zero-order valence-corrected chi connectivity index (χ0v) is 17.2. The Balaban J connectivity index is 2.30. The lowest BCUT2D eigenvalue weighted by atomic mass is 10.0. The summed E-state index contributed by atoms with van der Waals surface area (Å²) >= 11 is 0. The number of anilines is 1. The van der Waals surface area contributed by atoms with Gasteiger partial charge in [-0.3, -0.25) is 4.79 Å². The molecule has 2 unspecified atom stereocenters. The van der Waals surface area contributed by atoms with Crippen LogP contribution in [0.25, 0.3) is 0 Å². The van der Waals surface area contributed by atoms with Gasteiger partial charge in [0.15, 0.2) is 0 Å². The van der Waals surface area contributed by atoms with Crippen LogP contribution in [-0.2, 0) is 14.8 Å². The maximum absolute atomic E-state index is 12.9. The molecule has 146 valence electrons. The Hall–Kier alpha value is -2.22. The number of carbonyl (C=O) groups is 1. The van der Waals surface area contributed by atoms with Gasteiger partial charge < -0.3 is 10.2 Å². The Bertz CT molecular complexity index is 896. The molecule has 0 aliphatic carbocycles. The van der Waals surface area contributed by atoms with Gasteiger partial charge in [-0.1, -0.05) is 36.4 Å². The molecule has 7 heteroatoms. The smallest absolute Gasteiger partial charge is 0.240 e. The fourth-order valence-corrected chi connectivity index (χ4v) is 4.43. The minimum absolute atomic E-state index is 0.120. The molecule has 0 aliphatic rings. The van der Waals surface area contributed by atoms with Crippen LogP contribution < -0.4 is 10.0 Å². The van der Waals surface area contributed by atoms with E-state index in [-0.39, 0.29) is 22.9 Å². The van der Waals surface area contributed by atoms with Gasteiger partial charge in [0, 0.05) is 18.7 Å². The predicted octanol–water partition coefficient (Wildman–Crippen LogP) is 2.92. The van der Waals surface area contributed by atoms with E-state index < -0.39 is 10.0 Å². The summed E-state index contributed by atoms with van der Waals surface area (Å²) in [6, 6.07) is 14.0. The Kier molecular flexibility index (Phi) is 6.75. The Morgan fingerprint density at radius 2 is 1.70 bits per heavy atom. The van der Waals surface area contributed by atoms with Gasteiger partial charge in [0.2, 0.25) is 15.9 Å². The number of nitrogens with one attached hydrogen (secondary N) is 2. The summed E-state index contributed by atoms with van der Waals surface area (Å²) in [4.78, 5) is 13.4. The Morgan fingerprint density at radius 3 is 2.26 bits per heavy atom. The largest absolute Gasteiger partial charge is 0.326 e. The van der Waals surface area contributed by atoms with Crippen LogP contribution in [0.5, 0.6) is 0 Å². The van der Waals surface area contributed by atoms with Gasteiger partial charge in [-0.05, 0) is 51.2 Å². The number of amides is 1. The second-order valence-electron chi connectivity index (χ2n) is 6.89. The van der Waals surface area contributed by atoms with Crippen LogP contribution in [0.1, 0.15) is 31.0 Å². The summed E-state index contributed by atoms with van der Waals surface area (Å²) in [6.07, 6.45) is 0. The molecule has 0 heterocycles. The summed E-state index contributed by atoms with van der Waals surface area (Å²) in [6.45, 7) is 5.05. The quantitative estimate of drug-likeness (QED) is 0.763. The number of benzene rings is 2. The van der Waals surface area contributed by atoms with Crippen LogP contribution in [0, 0.1) is 6.92 Å². The number of nitrogens with zero attached hydrogens (tertiary/aromatic N) is 1. The Morgan fingerprint density at radius 1 is 1.07 bits per heavy atom. The maximum atomic E-state index is 12.9. The standard InChI is InChI=1S/C20H27N3O3S/c1-14-11-12-18(13-19(14)21-16(3)24)27(25,26)22-15(2)20(23(4)5)17-9-7-6-8-10-17/h6-13,15,20,22H,1-5H3,(H,21,24). The van der Waals surface area contributed by atoms with E-state index in [0.717, 1.165) is 11.1 Å². The SMILES string of the molecule is CC(=O)Nc1cc(S(=O)(=O)NC(C)C(c2ccccc2)N(C)C)ccc1C. The van der Waals surface area contributed by atoms with Crippen molar-refractivity contribution < 1.29 is 13.2 Å². The van der Waals surface area contributed by atoms with Gasteiger partial charge in [0.1, 0.15) is 0 Å². The molecule has 1 amide bonds. The van der Waals surface area contributed by atoms with Crippen molar-refractivity contribution in [1.82, 2.24) is 9.62 Å². The molecular weight excluding hydrogens is 362 g/mol. The average molecular weight is 390 g/mol. The molecule has 0 spiro atoms. The van der Waals surface area contributed by atoms with Crippen molar-refractivity contribution in [2.24, 2.45) is 0 Å². The zero-order chi connectivity index (χ0) is 20.2. The van der Waals surface area contributed by atoms with Gasteiger partial charge in [-0.25, -0.2) is 13.1 Å². The van der Waals surface area contributed by atoms with Crippen molar-refractivity contribution in [3.05, 3.63) is 59.7 Å². The number of sulfonamides is 1. The molecule has 0 bridgehead atoms. The molecule has 0 aromatic heterocycles. The van der Waals surface area contributed by atoms with E-state index in [1.807, 2.05) is 63.2 Å². The fourth-order valence-electron chi connectivity index (χ4n) is 3.15. The molecule has 2 N–H and O–H groups in total. The molecule has 0 fully saturated rings. The van der Waals surface area contributed by atoms with Crippen LogP contribution in [0.2, 0.25) is 0 Å². The summed E-state index contributed by atoms with van der Waals surface area (Å²) in [5, 5.41) is 2.67. The van der Waals surface area contributed by atoms with Gasteiger partial charge in [0.05, 0.1) is 10.9 Å². The van der Waals surface area contributed by atoms with E-state index in [2.05, 4.69) is 10.0 Å². The summed E-state index contributed by atoms with van der Waals surface area (Å²) in [5.74, 6) is -0.245. The molecule has 0 saturated carbocycles. The van der Waals surface area contributed by atoms with Crippen LogP contribution in [0.4, 0.5) is 5.69 Å². The normalized spacial score (nSPS) is 14.0. The number of hydrogen-bond donors (Lipinski definition) is 2. The van der Waals surface area contributed by atoms with E-state index in [1.165, 1.54) is 13.0 Å². The van der Waals surface area contributed by atoms with E-state index in [1.54, 1.807) is 12.1 Å². The topological polar surface area (TPSA) is 78.5 Å². The molecule has 27 heavy (non-hydrogen) atoms. The molecule has 2 aromatic rings. The maximum Gasteiger partial charge on any atom is 0.240 e. The van der Waals surface area contributed by atoms with Gasteiger partial charge in [0.25, 0.3) is 0 Å². The fraction of sp³-hybridized carbons (Fsp3) is 0.350. The van der Waals surface area contributed by atoms with E-state index in [0.29, 0.717) is 5.69 Å². The minimum atomic E-state index is -3.75. The van der Waals surface area contributed by atoms with Crippen molar-refractivity contribution in [2.45, 2.75) is 37.8 Å². The zero-order valence-electron chi connectivity index (χ0n) is 16.4. The van der Waals surface area contributed by atoms with Gasteiger partial charge in [-0.15, -0.1) is 0 Å². The lowest BCUT2D eigenvalue weighted by Crippen LogP contribution is -2.42. The van der Waals surface area contributed by atoms with Crippen molar-refractivity contribution in [3.63, 3.8) is 0 Å². The number of aryl methyl sites for hydroxylation is 1. The van der Waals surface area contributed by atoms with E-state index >= 15 is 0 Å². The molecule has 0 aliphatic heterocycles. The van der Waals surface area contributed by atoms with Crippen LogP contribution in [0.15, 0.2) is 53.4 Å². The number of rotatable bonds is 7. The van der Waals surface area contributed by atoms with Crippen molar-refractivity contribution in [3.8, 4) is 0 Å². The molecule has 0 saturated heterocycles. The van der Waals surface area contributed by atoms with Crippen LogP contribution >= 0.6 is 0 Å². The highest BCUT2D eigenvalue weighted by molar-refractivity contribution is 7.89. The third-order valence-electron chi connectivity index (χ3n) is 4.34. The van der Waals surface area contributed by atoms with E-state index in [4.69, 9.17) is 0 Å². The molecule has 0 radical (unpaired) electrons. The van der Waals surface area contributed by atoms with E-state index in [9.17, 15) is 13.2 Å². The Labute approximate surface area is 161 Å². The second kappa shape index (κ2) is 8.65. The first kappa shape index (κ1) is 21.1. The number of likely N-dealkylation sites (N-methyl/N-ethyl adjacent to an activating group) is 1. The first-order valence-corrected chi connectivity index (χ1v) is 10.2.